The predicted octanol–water partition coefficient (Wildman–Crippen LogP) is 4.04. The number of nitrogens with one attached hydrogen (secondary N) is 1. The number of aryl methyl sites for hydroxylation is 1. The van der Waals surface area contributed by atoms with Crippen molar-refractivity contribution in [2.75, 3.05) is 29.4 Å². The highest BCUT2D eigenvalue weighted by molar-refractivity contribution is 5.92. The van der Waals surface area contributed by atoms with Crippen LogP contribution in [0, 0.1) is 6.92 Å². The maximum Gasteiger partial charge on any atom is 0.223 e. The van der Waals surface area contributed by atoms with Crippen LogP contribution in [0.3, 0.4) is 0 Å². The number of nitrogens with zero attached hydrogens (tertiary/aromatic N) is 2. The summed E-state index contributed by atoms with van der Waals surface area (Å²) in [7, 11) is 0. The minimum Gasteiger partial charge on any atom is -0.372 e. The Morgan fingerprint density at radius 1 is 1.00 bits per heavy atom. The second-order valence-electron chi connectivity index (χ2n) is 7.69. The Morgan fingerprint density at radius 2 is 1.69 bits per heavy atom. The van der Waals surface area contributed by atoms with Crippen LogP contribution in [-0.2, 0) is 16.1 Å². The summed E-state index contributed by atoms with van der Waals surface area (Å²) in [5.74, 6) is -0.105. The lowest BCUT2D eigenvalue weighted by atomic mass is 10.1. The number of hydrogen-bond donors (Lipinski definition) is 1. The molecule has 1 N–H and O–H groups in total. The molecule has 0 aliphatic carbocycles. The highest BCUT2D eigenvalue weighted by Crippen LogP contribution is 2.24. The molecule has 2 aromatic carbocycles. The second kappa shape index (κ2) is 10.1. The summed E-state index contributed by atoms with van der Waals surface area (Å²) in [6.07, 6.45) is 4.05. The van der Waals surface area contributed by atoms with Gasteiger partial charge in [-0.1, -0.05) is 24.3 Å². The highest BCUT2D eigenvalue weighted by atomic mass is 16.2. The van der Waals surface area contributed by atoms with Gasteiger partial charge in [0.15, 0.2) is 0 Å². The van der Waals surface area contributed by atoms with Gasteiger partial charge in [0.25, 0.3) is 0 Å². The molecule has 0 unspecified atom stereocenters. The molecule has 29 heavy (non-hydrogen) atoms. The molecule has 1 aliphatic heterocycles. The molecule has 0 radical (unpaired) electrons. The highest BCUT2D eigenvalue weighted by Gasteiger charge is 2.15. The average Bonchev–Trinajstić information content (AvgIpc) is 2.74. The van der Waals surface area contributed by atoms with Crippen LogP contribution in [0.2, 0.25) is 0 Å². The summed E-state index contributed by atoms with van der Waals surface area (Å²) in [4.78, 5) is 28.5. The first kappa shape index (κ1) is 20.9. The van der Waals surface area contributed by atoms with Crippen molar-refractivity contribution in [3.05, 3.63) is 59.7 Å². The molecular weight excluding hydrogens is 362 g/mol. The molecule has 154 valence electrons. The Labute approximate surface area is 173 Å². The Hall–Kier alpha value is -2.82. The van der Waals surface area contributed by atoms with E-state index in [0.717, 1.165) is 29.9 Å². The van der Waals surface area contributed by atoms with Crippen LogP contribution in [0.25, 0.3) is 0 Å². The third-order valence-corrected chi connectivity index (χ3v) is 5.56. The van der Waals surface area contributed by atoms with Crippen molar-refractivity contribution < 1.29 is 9.59 Å². The quantitative estimate of drug-likeness (QED) is 0.772. The van der Waals surface area contributed by atoms with E-state index in [1.165, 1.54) is 24.9 Å². The Balaban J connectivity index is 1.55. The number of anilines is 2. The van der Waals surface area contributed by atoms with E-state index in [1.807, 2.05) is 43.3 Å². The van der Waals surface area contributed by atoms with E-state index in [-0.39, 0.29) is 18.2 Å². The normalized spacial score (nSPS) is 13.8. The zero-order valence-electron chi connectivity index (χ0n) is 17.5. The summed E-state index contributed by atoms with van der Waals surface area (Å²) in [5.41, 5.74) is 4.31. The number of hydrogen-bond acceptors (Lipinski definition) is 3. The lowest BCUT2D eigenvalue weighted by molar-refractivity contribution is -0.121. The van der Waals surface area contributed by atoms with Gasteiger partial charge in [-0.25, -0.2) is 0 Å². The molecule has 0 atom stereocenters. The van der Waals surface area contributed by atoms with E-state index in [4.69, 9.17) is 0 Å². The molecule has 3 rings (SSSR count). The zero-order chi connectivity index (χ0) is 20.6. The van der Waals surface area contributed by atoms with Crippen LogP contribution in [-0.4, -0.2) is 31.4 Å². The van der Waals surface area contributed by atoms with E-state index < -0.39 is 0 Å². The van der Waals surface area contributed by atoms with Gasteiger partial charge in [0.05, 0.1) is 0 Å². The first-order valence-corrected chi connectivity index (χ1v) is 10.5. The van der Waals surface area contributed by atoms with Crippen molar-refractivity contribution >= 4 is 23.2 Å². The topological polar surface area (TPSA) is 52.7 Å². The largest absolute Gasteiger partial charge is 0.372 e. The molecule has 1 heterocycles. The molecule has 0 saturated carbocycles. The minimum absolute atomic E-state index is 0.0514. The molecule has 5 nitrogen and oxygen atoms in total. The van der Waals surface area contributed by atoms with Crippen LogP contribution in [0.1, 0.15) is 43.7 Å². The molecular formula is C24H31N3O2. The third-order valence-electron chi connectivity index (χ3n) is 5.56. The van der Waals surface area contributed by atoms with Crippen LogP contribution >= 0.6 is 0 Å². The summed E-state index contributed by atoms with van der Waals surface area (Å²) >= 11 is 0. The first-order valence-electron chi connectivity index (χ1n) is 10.5. The SMILES string of the molecule is CC(=O)N(CCC(=O)NCc1ccccc1C)c1ccc(N2CCCCC2)cc1. The number of benzene rings is 2. The van der Waals surface area contributed by atoms with E-state index in [0.29, 0.717) is 13.1 Å². The molecule has 1 fully saturated rings. The molecule has 2 aromatic rings. The van der Waals surface area contributed by atoms with Gasteiger partial charge in [-0.2, -0.15) is 0 Å². The van der Waals surface area contributed by atoms with E-state index >= 15 is 0 Å². The van der Waals surface area contributed by atoms with Crippen LogP contribution in [0.4, 0.5) is 11.4 Å². The molecule has 1 saturated heterocycles. The number of piperidine rings is 1. The second-order valence-corrected chi connectivity index (χ2v) is 7.69. The van der Waals surface area contributed by atoms with Crippen molar-refractivity contribution in [1.29, 1.82) is 0 Å². The monoisotopic (exact) mass is 393 g/mol. The van der Waals surface area contributed by atoms with Gasteiger partial charge in [-0.3, -0.25) is 9.59 Å². The summed E-state index contributed by atoms with van der Waals surface area (Å²) < 4.78 is 0. The standard InChI is InChI=1S/C24H31N3O2/c1-19-8-4-5-9-21(19)18-25-24(29)14-17-27(20(2)28)23-12-10-22(11-13-23)26-15-6-3-7-16-26/h4-5,8-13H,3,6-7,14-18H2,1-2H3,(H,25,29). The van der Waals surface area contributed by atoms with E-state index in [1.54, 1.807) is 11.8 Å². The fourth-order valence-corrected chi connectivity index (χ4v) is 3.77. The van der Waals surface area contributed by atoms with Crippen molar-refractivity contribution in [3.63, 3.8) is 0 Å². The van der Waals surface area contributed by atoms with Crippen molar-refractivity contribution in [2.24, 2.45) is 0 Å². The summed E-state index contributed by atoms with van der Waals surface area (Å²) in [5, 5.41) is 2.95. The van der Waals surface area contributed by atoms with Gasteiger partial charge in [0, 0.05) is 50.9 Å². The maximum absolute atomic E-state index is 12.3. The van der Waals surface area contributed by atoms with Crippen molar-refractivity contribution in [2.45, 2.75) is 46.1 Å². The maximum atomic E-state index is 12.3. The molecule has 0 spiro atoms. The minimum atomic E-state index is -0.0533. The first-order chi connectivity index (χ1) is 14.0. The fraction of sp³-hybridized carbons (Fsp3) is 0.417. The van der Waals surface area contributed by atoms with Gasteiger partial charge in [0.1, 0.15) is 0 Å². The number of carbonyl (C=O) groups excluding carboxylic acids is 2. The molecule has 1 aliphatic rings. The lowest BCUT2D eigenvalue weighted by Crippen LogP contribution is -2.34. The number of amides is 2. The summed E-state index contributed by atoms with van der Waals surface area (Å²) in [6.45, 7) is 6.65. The molecule has 2 amide bonds. The van der Waals surface area contributed by atoms with Crippen LogP contribution in [0.15, 0.2) is 48.5 Å². The Bertz CT molecular complexity index is 826. The average molecular weight is 394 g/mol. The summed E-state index contributed by atoms with van der Waals surface area (Å²) in [6, 6.07) is 16.1. The Kier molecular flexibility index (Phi) is 7.28. The number of rotatable bonds is 7. The van der Waals surface area contributed by atoms with Gasteiger partial charge in [0.2, 0.25) is 11.8 Å². The Morgan fingerprint density at radius 3 is 2.34 bits per heavy atom. The van der Waals surface area contributed by atoms with Crippen LogP contribution < -0.4 is 15.1 Å². The van der Waals surface area contributed by atoms with Gasteiger partial charge in [-0.15, -0.1) is 0 Å². The molecule has 0 aromatic heterocycles. The molecule has 0 bridgehead atoms. The molecule has 5 heteroatoms. The van der Waals surface area contributed by atoms with E-state index in [9.17, 15) is 9.59 Å². The van der Waals surface area contributed by atoms with Crippen LogP contribution in [0.5, 0.6) is 0 Å². The number of carbonyl (C=O) groups is 2. The predicted molar refractivity (Wildman–Crippen MR) is 118 cm³/mol. The smallest absolute Gasteiger partial charge is 0.223 e. The fourth-order valence-electron chi connectivity index (χ4n) is 3.77. The zero-order valence-corrected chi connectivity index (χ0v) is 17.5. The van der Waals surface area contributed by atoms with Crippen molar-refractivity contribution in [1.82, 2.24) is 5.32 Å². The van der Waals surface area contributed by atoms with E-state index in [2.05, 4.69) is 22.3 Å². The van der Waals surface area contributed by atoms with Gasteiger partial charge >= 0.3 is 0 Å². The van der Waals surface area contributed by atoms with Gasteiger partial charge < -0.3 is 15.1 Å². The van der Waals surface area contributed by atoms with Gasteiger partial charge in [-0.05, 0) is 61.6 Å². The van der Waals surface area contributed by atoms with Crippen molar-refractivity contribution in [3.8, 4) is 0 Å². The third kappa shape index (κ3) is 5.83. The lowest BCUT2D eigenvalue weighted by Gasteiger charge is -2.29.